The van der Waals surface area contributed by atoms with E-state index in [4.69, 9.17) is 11.6 Å². The number of aromatic nitrogens is 2. The summed E-state index contributed by atoms with van der Waals surface area (Å²) >= 11 is 5.68. The summed E-state index contributed by atoms with van der Waals surface area (Å²) in [6.45, 7) is 0. The van der Waals surface area contributed by atoms with E-state index in [1.807, 2.05) is 0 Å². The van der Waals surface area contributed by atoms with Crippen molar-refractivity contribution in [3.05, 3.63) is 40.0 Å². The third kappa shape index (κ3) is 0.935. The maximum absolute atomic E-state index is 11.1. The number of aromatic amines is 1. The molecule has 0 aliphatic carbocycles. The van der Waals surface area contributed by atoms with E-state index in [-0.39, 0.29) is 5.56 Å². The van der Waals surface area contributed by atoms with Gasteiger partial charge in [0.2, 0.25) is 0 Å². The van der Waals surface area contributed by atoms with E-state index in [1.165, 1.54) is 0 Å². The zero-order chi connectivity index (χ0) is 7.84. The Morgan fingerprint density at radius 3 is 3.09 bits per heavy atom. The van der Waals surface area contributed by atoms with Gasteiger partial charge >= 0.3 is 0 Å². The Morgan fingerprint density at radius 1 is 1.55 bits per heavy atom. The summed E-state index contributed by atoms with van der Waals surface area (Å²) < 4.78 is 1.68. The van der Waals surface area contributed by atoms with Gasteiger partial charge in [0.25, 0.3) is 5.56 Å². The highest BCUT2D eigenvalue weighted by atomic mass is 35.5. The molecule has 0 atom stereocenters. The smallest absolute Gasteiger partial charge is 0.272 e. The van der Waals surface area contributed by atoms with Crippen LogP contribution in [0.25, 0.3) is 5.52 Å². The molecule has 0 fully saturated rings. The Labute approximate surface area is 67.2 Å². The Hall–Kier alpha value is -1.22. The van der Waals surface area contributed by atoms with Gasteiger partial charge in [0.1, 0.15) is 5.52 Å². The molecule has 56 valence electrons. The van der Waals surface area contributed by atoms with Gasteiger partial charge in [0, 0.05) is 18.6 Å². The van der Waals surface area contributed by atoms with Crippen molar-refractivity contribution in [2.24, 2.45) is 0 Å². The monoisotopic (exact) mass is 168 g/mol. The van der Waals surface area contributed by atoms with Crippen molar-refractivity contribution in [3.63, 3.8) is 0 Å². The minimum Gasteiger partial charge on any atom is -0.326 e. The summed E-state index contributed by atoms with van der Waals surface area (Å²) in [6.07, 6.45) is 5.00. The first-order chi connectivity index (χ1) is 5.27. The summed E-state index contributed by atoms with van der Waals surface area (Å²) in [4.78, 5) is 13.6. The van der Waals surface area contributed by atoms with Gasteiger partial charge in [0.15, 0.2) is 0 Å². The van der Waals surface area contributed by atoms with Crippen molar-refractivity contribution in [1.29, 1.82) is 0 Å². The predicted octanol–water partition coefficient (Wildman–Crippen LogP) is 1.28. The normalized spacial score (nSPS) is 10.6. The fourth-order valence-electron chi connectivity index (χ4n) is 1.02. The Morgan fingerprint density at radius 2 is 2.36 bits per heavy atom. The van der Waals surface area contributed by atoms with Crippen molar-refractivity contribution in [2.75, 3.05) is 0 Å². The number of fused-ring (bicyclic) bond motifs is 1. The quantitative estimate of drug-likeness (QED) is 0.632. The fourth-order valence-corrected chi connectivity index (χ4v) is 1.23. The van der Waals surface area contributed by atoms with Crippen LogP contribution in [0, 0.1) is 0 Å². The molecule has 2 rings (SSSR count). The molecule has 0 aliphatic heterocycles. The van der Waals surface area contributed by atoms with Crippen LogP contribution in [0.15, 0.2) is 29.5 Å². The number of hydrogen-bond donors (Lipinski definition) is 1. The molecular formula is C7H5ClN2O. The lowest BCUT2D eigenvalue weighted by Gasteiger charge is -1.88. The second-order valence-corrected chi connectivity index (χ2v) is 2.68. The molecule has 0 amide bonds. The summed E-state index contributed by atoms with van der Waals surface area (Å²) in [5.74, 6) is 0. The average Bonchev–Trinajstić information content (AvgIpc) is 2.31. The molecule has 0 aliphatic rings. The molecule has 2 heterocycles. The molecule has 3 nitrogen and oxygen atoms in total. The maximum Gasteiger partial charge on any atom is 0.272 e. The van der Waals surface area contributed by atoms with E-state index in [9.17, 15) is 4.79 Å². The third-order valence-corrected chi connectivity index (χ3v) is 1.70. The molecule has 2 aromatic heterocycles. The lowest BCUT2D eigenvalue weighted by atomic mass is 10.5. The third-order valence-electron chi connectivity index (χ3n) is 1.50. The molecule has 1 N–H and O–H groups in total. The van der Waals surface area contributed by atoms with E-state index in [2.05, 4.69) is 4.98 Å². The molecular weight excluding hydrogens is 164 g/mol. The summed E-state index contributed by atoms with van der Waals surface area (Å²) in [7, 11) is 0. The lowest BCUT2D eigenvalue weighted by molar-refractivity contribution is 1.11. The minimum absolute atomic E-state index is 0.126. The zero-order valence-electron chi connectivity index (χ0n) is 5.54. The fraction of sp³-hybridized carbons (Fsp3) is 0. The minimum atomic E-state index is -0.126. The molecule has 0 unspecified atom stereocenters. The largest absolute Gasteiger partial charge is 0.326 e. The van der Waals surface area contributed by atoms with Crippen molar-refractivity contribution in [2.45, 2.75) is 0 Å². The van der Waals surface area contributed by atoms with Crippen LogP contribution in [0.1, 0.15) is 0 Å². The SMILES string of the molecule is O=c1[nH]ccn2cc(Cl)cc12. The van der Waals surface area contributed by atoms with Crippen molar-refractivity contribution >= 4 is 17.1 Å². The van der Waals surface area contributed by atoms with Gasteiger partial charge in [0.05, 0.1) is 5.02 Å². The first-order valence-corrected chi connectivity index (χ1v) is 3.50. The van der Waals surface area contributed by atoms with Gasteiger partial charge < -0.3 is 9.38 Å². The van der Waals surface area contributed by atoms with Crippen molar-refractivity contribution < 1.29 is 0 Å². The Balaban J connectivity index is 3.02. The van der Waals surface area contributed by atoms with Crippen molar-refractivity contribution in [3.8, 4) is 0 Å². The number of halogens is 1. The Kier molecular flexibility index (Phi) is 1.26. The number of nitrogens with one attached hydrogen (secondary N) is 1. The number of hydrogen-bond acceptors (Lipinski definition) is 1. The first kappa shape index (κ1) is 6.49. The van der Waals surface area contributed by atoms with Crippen LogP contribution >= 0.6 is 11.6 Å². The average molecular weight is 169 g/mol. The van der Waals surface area contributed by atoms with E-state index < -0.39 is 0 Å². The molecule has 0 saturated carbocycles. The van der Waals surface area contributed by atoms with E-state index >= 15 is 0 Å². The molecule has 0 radical (unpaired) electrons. The van der Waals surface area contributed by atoms with Crippen LogP contribution < -0.4 is 5.56 Å². The maximum atomic E-state index is 11.1. The number of nitrogens with zero attached hydrogens (tertiary/aromatic N) is 1. The summed E-state index contributed by atoms with van der Waals surface area (Å²) in [6, 6.07) is 1.63. The van der Waals surface area contributed by atoms with Crippen molar-refractivity contribution in [1.82, 2.24) is 9.38 Å². The lowest BCUT2D eigenvalue weighted by Crippen LogP contribution is -2.06. The molecule has 0 bridgehead atoms. The van der Waals surface area contributed by atoms with Crippen LogP contribution in [0.2, 0.25) is 5.02 Å². The summed E-state index contributed by atoms with van der Waals surface area (Å²) in [5, 5.41) is 0.571. The van der Waals surface area contributed by atoms with Gasteiger partial charge in [-0.15, -0.1) is 0 Å². The highest BCUT2D eigenvalue weighted by Gasteiger charge is 1.98. The van der Waals surface area contributed by atoms with Gasteiger partial charge in [-0.25, -0.2) is 0 Å². The highest BCUT2D eigenvalue weighted by molar-refractivity contribution is 6.31. The van der Waals surface area contributed by atoms with Gasteiger partial charge in [-0.3, -0.25) is 4.79 Å². The predicted molar refractivity (Wildman–Crippen MR) is 43.0 cm³/mol. The van der Waals surface area contributed by atoms with Gasteiger partial charge in [-0.1, -0.05) is 11.6 Å². The van der Waals surface area contributed by atoms with Crippen LogP contribution in [-0.4, -0.2) is 9.38 Å². The molecule has 11 heavy (non-hydrogen) atoms. The zero-order valence-corrected chi connectivity index (χ0v) is 6.30. The van der Waals surface area contributed by atoms with Gasteiger partial charge in [-0.05, 0) is 6.07 Å². The van der Waals surface area contributed by atoms with Crippen LogP contribution in [0.3, 0.4) is 0 Å². The molecule has 4 heteroatoms. The molecule has 0 spiro atoms. The van der Waals surface area contributed by atoms with Gasteiger partial charge in [-0.2, -0.15) is 0 Å². The molecule has 0 saturated heterocycles. The number of H-pyrrole nitrogens is 1. The topological polar surface area (TPSA) is 37.3 Å². The van der Waals surface area contributed by atoms with Crippen LogP contribution in [0.4, 0.5) is 0 Å². The summed E-state index contributed by atoms with van der Waals surface area (Å²) in [5.41, 5.74) is 0.442. The molecule has 2 aromatic rings. The Bertz CT molecular complexity index is 443. The van der Waals surface area contributed by atoms with Crippen LogP contribution in [-0.2, 0) is 0 Å². The van der Waals surface area contributed by atoms with E-state index in [0.29, 0.717) is 10.5 Å². The highest BCUT2D eigenvalue weighted by Crippen LogP contribution is 2.10. The second kappa shape index (κ2) is 2.13. The van der Waals surface area contributed by atoms with E-state index in [1.54, 1.807) is 29.1 Å². The second-order valence-electron chi connectivity index (χ2n) is 2.24. The van der Waals surface area contributed by atoms with Crippen LogP contribution in [0.5, 0.6) is 0 Å². The standard InChI is InChI=1S/C7H5ClN2O/c8-5-3-6-7(11)9-1-2-10(6)4-5/h1-4H,(H,9,11). The van der Waals surface area contributed by atoms with E-state index in [0.717, 1.165) is 0 Å². The molecule has 0 aromatic carbocycles. The number of rotatable bonds is 0. The first-order valence-electron chi connectivity index (χ1n) is 3.12.